The molecule has 238 valence electrons. The van der Waals surface area contributed by atoms with Gasteiger partial charge in [-0.15, -0.1) is 0 Å². The zero-order valence-corrected chi connectivity index (χ0v) is 25.8. The fraction of sp³-hybridized carbons (Fsp3) is 0.667. The predicted octanol–water partition coefficient (Wildman–Crippen LogP) is 6.28. The van der Waals surface area contributed by atoms with Crippen LogP contribution >= 0.6 is 0 Å². The summed E-state index contributed by atoms with van der Waals surface area (Å²) in [6.07, 6.45) is -1.79. The number of benzene rings is 1. The van der Waals surface area contributed by atoms with Crippen LogP contribution in [-0.4, -0.2) is 61.5 Å². The van der Waals surface area contributed by atoms with Crippen molar-refractivity contribution in [3.05, 3.63) is 23.8 Å². The summed E-state index contributed by atoms with van der Waals surface area (Å²) in [7, 11) is 0. The molecule has 42 heavy (non-hydrogen) atoms. The molecule has 0 saturated carbocycles. The topological polar surface area (TPSA) is 170 Å². The third-order valence-corrected chi connectivity index (χ3v) is 6.13. The van der Waals surface area contributed by atoms with Crippen LogP contribution in [0.1, 0.15) is 85.6 Å². The van der Waals surface area contributed by atoms with Crippen LogP contribution in [0, 0.1) is 17.8 Å². The molecule has 0 fully saturated rings. The van der Waals surface area contributed by atoms with Gasteiger partial charge in [0.1, 0.15) is 12.1 Å². The van der Waals surface area contributed by atoms with E-state index in [9.17, 15) is 24.3 Å². The van der Waals surface area contributed by atoms with Crippen molar-refractivity contribution < 1.29 is 52.7 Å². The third-order valence-electron chi connectivity index (χ3n) is 6.13. The number of carboxylic acid groups (broad SMARTS) is 1. The minimum Gasteiger partial charge on any atom is -0.480 e. The second kappa shape index (κ2) is 18.8. The molecule has 0 amide bonds. The zero-order chi connectivity index (χ0) is 31.8. The maximum atomic E-state index is 12.4. The van der Waals surface area contributed by atoms with Crippen molar-refractivity contribution in [3.63, 3.8) is 0 Å². The van der Waals surface area contributed by atoms with Crippen LogP contribution in [0.25, 0.3) is 0 Å². The minimum absolute atomic E-state index is 0.00245. The smallest absolute Gasteiger partial charge is 0.480 e. The van der Waals surface area contributed by atoms with Gasteiger partial charge in [-0.3, -0.25) is 4.79 Å². The molecule has 1 rings (SSSR count). The minimum atomic E-state index is -1.41. The number of ether oxygens (including phenoxy) is 6. The van der Waals surface area contributed by atoms with Gasteiger partial charge in [-0.1, -0.05) is 47.6 Å². The van der Waals surface area contributed by atoms with E-state index < -0.39 is 42.5 Å². The summed E-state index contributed by atoms with van der Waals surface area (Å²) < 4.78 is 31.2. The lowest BCUT2D eigenvalue weighted by molar-refractivity contribution is -0.139. The van der Waals surface area contributed by atoms with E-state index in [0.717, 1.165) is 0 Å². The van der Waals surface area contributed by atoms with Crippen LogP contribution in [-0.2, 0) is 23.7 Å². The van der Waals surface area contributed by atoms with E-state index in [-0.39, 0.29) is 43.7 Å². The lowest BCUT2D eigenvalue weighted by Crippen LogP contribution is -2.38. The van der Waals surface area contributed by atoms with Crippen molar-refractivity contribution in [3.8, 4) is 11.5 Å². The highest BCUT2D eigenvalue weighted by Crippen LogP contribution is 2.35. The summed E-state index contributed by atoms with van der Waals surface area (Å²) in [4.78, 5) is 48.7. The SMILES string of the molecule is CC(C)CCOC(=O)Oc1ccc(C(CC(C)OC(=O)OCCC(C)C)[C@H](N)C(=O)O)cc1OC(=O)OCCC(C)C. The van der Waals surface area contributed by atoms with E-state index in [1.807, 2.05) is 41.5 Å². The first-order valence-electron chi connectivity index (χ1n) is 14.3. The molecule has 0 saturated heterocycles. The Balaban J connectivity index is 3.20. The number of aliphatic carboxylic acids is 1. The standard InChI is InChI=1S/C30H47NO11/c1-18(2)10-13-37-28(34)40-21(7)16-23(26(31)27(32)33)22-8-9-24(41-29(35)38-14-11-19(3)4)25(17-22)42-30(36)39-15-12-20(5)6/h8-9,17-21,23,26H,10-16,31H2,1-7H3,(H,32,33)/t21?,23?,26-/m0/s1. The average Bonchev–Trinajstić information content (AvgIpc) is 2.87. The van der Waals surface area contributed by atoms with E-state index in [4.69, 9.17) is 34.2 Å². The summed E-state index contributed by atoms with van der Waals surface area (Å²) in [5.41, 5.74) is 6.35. The number of carbonyl (C=O) groups is 4. The molecular weight excluding hydrogens is 550 g/mol. The van der Waals surface area contributed by atoms with Crippen LogP contribution in [0.2, 0.25) is 0 Å². The maximum absolute atomic E-state index is 12.4. The summed E-state index contributed by atoms with van der Waals surface area (Å²) in [6, 6.07) is 2.74. The largest absolute Gasteiger partial charge is 0.513 e. The lowest BCUT2D eigenvalue weighted by Gasteiger charge is -2.25. The highest BCUT2D eigenvalue weighted by atomic mass is 16.7. The summed E-state index contributed by atoms with van der Waals surface area (Å²) in [5.74, 6) is -1.60. The molecule has 12 heteroatoms. The Morgan fingerprint density at radius 2 is 1.17 bits per heavy atom. The second-order valence-electron chi connectivity index (χ2n) is 11.4. The molecule has 0 aromatic heterocycles. The molecular formula is C30H47NO11. The molecule has 0 radical (unpaired) electrons. The van der Waals surface area contributed by atoms with Gasteiger partial charge in [0.05, 0.1) is 19.8 Å². The zero-order valence-electron chi connectivity index (χ0n) is 25.8. The Morgan fingerprint density at radius 1 is 0.714 bits per heavy atom. The molecule has 12 nitrogen and oxygen atoms in total. The first-order valence-corrected chi connectivity index (χ1v) is 14.3. The van der Waals surface area contributed by atoms with Crippen molar-refractivity contribution >= 4 is 24.4 Å². The molecule has 3 atom stereocenters. The predicted molar refractivity (Wildman–Crippen MR) is 154 cm³/mol. The van der Waals surface area contributed by atoms with E-state index in [0.29, 0.717) is 36.7 Å². The number of carboxylic acids is 1. The van der Waals surface area contributed by atoms with Gasteiger partial charge in [-0.2, -0.15) is 0 Å². The molecule has 3 N–H and O–H groups in total. The van der Waals surface area contributed by atoms with Gasteiger partial charge in [-0.25, -0.2) is 14.4 Å². The van der Waals surface area contributed by atoms with Crippen molar-refractivity contribution in [2.75, 3.05) is 19.8 Å². The highest BCUT2D eigenvalue weighted by Gasteiger charge is 2.30. The first-order chi connectivity index (χ1) is 19.7. The third kappa shape index (κ3) is 14.9. The second-order valence-corrected chi connectivity index (χ2v) is 11.4. The van der Waals surface area contributed by atoms with Gasteiger partial charge in [-0.05, 0) is 68.1 Å². The van der Waals surface area contributed by atoms with Crippen LogP contribution in [0.3, 0.4) is 0 Å². The first kappa shape index (κ1) is 36.5. The number of hydrogen-bond acceptors (Lipinski definition) is 11. The van der Waals surface area contributed by atoms with E-state index in [1.165, 1.54) is 18.2 Å². The lowest BCUT2D eigenvalue weighted by atomic mass is 9.87. The van der Waals surface area contributed by atoms with Gasteiger partial charge in [0.2, 0.25) is 0 Å². The van der Waals surface area contributed by atoms with Crippen molar-refractivity contribution in [1.29, 1.82) is 0 Å². The van der Waals surface area contributed by atoms with E-state index in [2.05, 4.69) is 0 Å². The number of nitrogens with two attached hydrogens (primary N) is 1. The van der Waals surface area contributed by atoms with Crippen molar-refractivity contribution in [2.24, 2.45) is 23.5 Å². The molecule has 0 heterocycles. The Hall–Kier alpha value is -3.54. The number of rotatable bonds is 17. The normalized spacial score (nSPS) is 13.3. The molecule has 0 spiro atoms. The van der Waals surface area contributed by atoms with E-state index in [1.54, 1.807) is 6.92 Å². The molecule has 0 bridgehead atoms. The molecule has 2 unspecified atom stereocenters. The highest BCUT2D eigenvalue weighted by molar-refractivity contribution is 5.75. The van der Waals surface area contributed by atoms with Crippen molar-refractivity contribution in [2.45, 2.75) is 92.2 Å². The van der Waals surface area contributed by atoms with Crippen LogP contribution in [0.4, 0.5) is 14.4 Å². The van der Waals surface area contributed by atoms with Gasteiger partial charge in [0.15, 0.2) is 11.5 Å². The Labute approximate surface area is 248 Å². The molecule has 0 aliphatic carbocycles. The fourth-order valence-corrected chi connectivity index (χ4v) is 3.56. The number of hydrogen-bond donors (Lipinski definition) is 2. The Morgan fingerprint density at radius 3 is 1.62 bits per heavy atom. The average molecular weight is 598 g/mol. The van der Waals surface area contributed by atoms with Gasteiger partial charge in [0, 0.05) is 5.92 Å². The van der Waals surface area contributed by atoms with Crippen LogP contribution < -0.4 is 15.2 Å². The quantitative estimate of drug-likeness (QED) is 0.117. The molecule has 1 aromatic carbocycles. The fourth-order valence-electron chi connectivity index (χ4n) is 3.56. The van der Waals surface area contributed by atoms with Gasteiger partial charge < -0.3 is 39.3 Å². The van der Waals surface area contributed by atoms with Crippen LogP contribution in [0.5, 0.6) is 11.5 Å². The summed E-state index contributed by atoms with van der Waals surface area (Å²) in [6.45, 7) is 13.9. The summed E-state index contributed by atoms with van der Waals surface area (Å²) >= 11 is 0. The van der Waals surface area contributed by atoms with Crippen molar-refractivity contribution in [1.82, 2.24) is 0 Å². The summed E-state index contributed by atoms with van der Waals surface area (Å²) in [5, 5.41) is 9.68. The molecule has 0 aliphatic rings. The maximum Gasteiger partial charge on any atom is 0.513 e. The molecule has 0 aliphatic heterocycles. The Bertz CT molecular complexity index is 1010. The van der Waals surface area contributed by atoms with Gasteiger partial charge in [0.25, 0.3) is 0 Å². The van der Waals surface area contributed by atoms with E-state index >= 15 is 0 Å². The number of carbonyl (C=O) groups excluding carboxylic acids is 3. The monoisotopic (exact) mass is 597 g/mol. The molecule has 1 aromatic rings. The van der Waals surface area contributed by atoms with Crippen LogP contribution in [0.15, 0.2) is 18.2 Å². The Kier molecular flexibility index (Phi) is 16.3. The van der Waals surface area contributed by atoms with Gasteiger partial charge >= 0.3 is 24.4 Å².